The van der Waals surface area contributed by atoms with Crippen molar-refractivity contribution in [2.75, 3.05) is 31.6 Å². The summed E-state index contributed by atoms with van der Waals surface area (Å²) in [5, 5.41) is 5.49. The second-order valence-corrected chi connectivity index (χ2v) is 6.39. The van der Waals surface area contributed by atoms with E-state index in [-0.39, 0.29) is 30.7 Å². The zero-order valence-corrected chi connectivity index (χ0v) is 15.6. The molecule has 1 aromatic heterocycles. The number of pyridine rings is 1. The predicted molar refractivity (Wildman–Crippen MR) is 103 cm³/mol. The second kappa shape index (κ2) is 8.98. The SMILES string of the molecule is COc1ccc(N2C[C@H](C(=O)NCCNC(=O)c3cccnc3)CC2=O)cc1. The van der Waals surface area contributed by atoms with Gasteiger partial charge in [0, 0.05) is 44.1 Å². The van der Waals surface area contributed by atoms with Crippen molar-refractivity contribution in [3.05, 3.63) is 54.4 Å². The van der Waals surface area contributed by atoms with Gasteiger partial charge in [-0.1, -0.05) is 0 Å². The Bertz CT molecular complexity index is 839. The molecule has 0 aliphatic carbocycles. The molecular formula is C20H22N4O4. The Balaban J connectivity index is 1.44. The first kappa shape index (κ1) is 19.3. The van der Waals surface area contributed by atoms with Crippen molar-refractivity contribution in [2.24, 2.45) is 5.92 Å². The number of benzene rings is 1. The Labute approximate surface area is 162 Å². The molecule has 3 amide bonds. The van der Waals surface area contributed by atoms with Crippen LogP contribution in [0.3, 0.4) is 0 Å². The maximum Gasteiger partial charge on any atom is 0.252 e. The van der Waals surface area contributed by atoms with Gasteiger partial charge in [0.15, 0.2) is 0 Å². The summed E-state index contributed by atoms with van der Waals surface area (Å²) in [5.74, 6) is -0.235. The molecule has 8 nitrogen and oxygen atoms in total. The third-order valence-electron chi connectivity index (χ3n) is 4.51. The molecule has 0 radical (unpaired) electrons. The van der Waals surface area contributed by atoms with Gasteiger partial charge in [-0.05, 0) is 36.4 Å². The molecule has 1 aliphatic heterocycles. The van der Waals surface area contributed by atoms with Gasteiger partial charge in [-0.2, -0.15) is 0 Å². The van der Waals surface area contributed by atoms with E-state index in [9.17, 15) is 14.4 Å². The van der Waals surface area contributed by atoms with Gasteiger partial charge in [-0.25, -0.2) is 0 Å². The van der Waals surface area contributed by atoms with E-state index in [4.69, 9.17) is 4.74 Å². The van der Waals surface area contributed by atoms with Crippen LogP contribution < -0.4 is 20.3 Å². The highest BCUT2D eigenvalue weighted by molar-refractivity contribution is 6.00. The zero-order valence-electron chi connectivity index (χ0n) is 15.6. The molecule has 28 heavy (non-hydrogen) atoms. The summed E-state index contributed by atoms with van der Waals surface area (Å²) in [7, 11) is 1.58. The van der Waals surface area contributed by atoms with Crippen LogP contribution in [0.15, 0.2) is 48.8 Å². The molecule has 146 valence electrons. The highest BCUT2D eigenvalue weighted by atomic mass is 16.5. The fraction of sp³-hybridized carbons (Fsp3) is 0.300. The highest BCUT2D eigenvalue weighted by Gasteiger charge is 2.34. The molecule has 1 fully saturated rings. The van der Waals surface area contributed by atoms with Crippen LogP contribution in [-0.4, -0.2) is 49.4 Å². The highest BCUT2D eigenvalue weighted by Crippen LogP contribution is 2.26. The smallest absolute Gasteiger partial charge is 0.252 e. The van der Waals surface area contributed by atoms with Crippen molar-refractivity contribution in [1.82, 2.24) is 15.6 Å². The summed E-state index contributed by atoms with van der Waals surface area (Å²) in [6, 6.07) is 10.5. The third kappa shape index (κ3) is 4.64. The third-order valence-corrected chi connectivity index (χ3v) is 4.51. The van der Waals surface area contributed by atoms with Gasteiger partial charge in [0.1, 0.15) is 5.75 Å². The quantitative estimate of drug-likeness (QED) is 0.696. The lowest BCUT2D eigenvalue weighted by atomic mass is 10.1. The van der Waals surface area contributed by atoms with Crippen molar-refractivity contribution in [3.8, 4) is 5.75 Å². The van der Waals surface area contributed by atoms with Crippen molar-refractivity contribution < 1.29 is 19.1 Å². The first-order valence-electron chi connectivity index (χ1n) is 8.99. The van der Waals surface area contributed by atoms with Gasteiger partial charge < -0.3 is 20.3 Å². The minimum atomic E-state index is -0.413. The number of nitrogens with one attached hydrogen (secondary N) is 2. The molecule has 1 atom stereocenters. The fourth-order valence-electron chi connectivity index (χ4n) is 3.00. The number of hydrogen-bond acceptors (Lipinski definition) is 5. The van der Waals surface area contributed by atoms with E-state index in [2.05, 4.69) is 15.6 Å². The van der Waals surface area contributed by atoms with Gasteiger partial charge in [0.05, 0.1) is 18.6 Å². The maximum atomic E-state index is 12.4. The van der Waals surface area contributed by atoms with Crippen molar-refractivity contribution in [3.63, 3.8) is 0 Å². The first-order valence-corrected chi connectivity index (χ1v) is 8.99. The standard InChI is InChI=1S/C20H22N4O4/c1-28-17-6-4-16(5-7-17)24-13-15(11-18(24)25)20(27)23-10-9-22-19(26)14-3-2-8-21-12-14/h2-8,12,15H,9-11,13H2,1H3,(H,22,26)(H,23,27)/t15-/m1/s1. The molecule has 1 aromatic carbocycles. The van der Waals surface area contributed by atoms with Gasteiger partial charge in [-0.3, -0.25) is 19.4 Å². The van der Waals surface area contributed by atoms with Gasteiger partial charge in [-0.15, -0.1) is 0 Å². The number of aromatic nitrogens is 1. The van der Waals surface area contributed by atoms with E-state index in [1.165, 1.54) is 6.20 Å². The largest absolute Gasteiger partial charge is 0.497 e. The summed E-state index contributed by atoms with van der Waals surface area (Å²) in [6.07, 6.45) is 3.24. The van der Waals surface area contributed by atoms with E-state index in [1.807, 2.05) is 0 Å². The molecule has 2 N–H and O–H groups in total. The second-order valence-electron chi connectivity index (χ2n) is 6.39. The molecule has 2 heterocycles. The number of rotatable bonds is 7. The summed E-state index contributed by atoms with van der Waals surface area (Å²) in [5.41, 5.74) is 1.20. The summed E-state index contributed by atoms with van der Waals surface area (Å²) >= 11 is 0. The minimum absolute atomic E-state index is 0.0878. The number of amides is 3. The summed E-state index contributed by atoms with van der Waals surface area (Å²) < 4.78 is 5.12. The van der Waals surface area contributed by atoms with Gasteiger partial charge in [0.2, 0.25) is 11.8 Å². The Morgan fingerprint density at radius 1 is 1.18 bits per heavy atom. The van der Waals surface area contributed by atoms with E-state index in [1.54, 1.807) is 54.6 Å². The van der Waals surface area contributed by atoms with Crippen LogP contribution in [0.4, 0.5) is 5.69 Å². The van der Waals surface area contributed by atoms with E-state index < -0.39 is 5.92 Å². The summed E-state index contributed by atoms with van der Waals surface area (Å²) in [6.45, 7) is 0.916. The van der Waals surface area contributed by atoms with Crippen LogP contribution in [0.1, 0.15) is 16.8 Å². The zero-order chi connectivity index (χ0) is 19.9. The van der Waals surface area contributed by atoms with Gasteiger partial charge >= 0.3 is 0 Å². The maximum absolute atomic E-state index is 12.4. The topological polar surface area (TPSA) is 101 Å². The minimum Gasteiger partial charge on any atom is -0.497 e. The van der Waals surface area contributed by atoms with Crippen LogP contribution in [0, 0.1) is 5.92 Å². The number of methoxy groups -OCH3 is 1. The Morgan fingerprint density at radius 2 is 1.93 bits per heavy atom. The lowest BCUT2D eigenvalue weighted by Gasteiger charge is -2.17. The molecule has 1 aliphatic rings. The molecule has 8 heteroatoms. The number of nitrogens with zero attached hydrogens (tertiary/aromatic N) is 2. The number of carbonyl (C=O) groups is 3. The van der Waals surface area contributed by atoms with Crippen LogP contribution in [-0.2, 0) is 9.59 Å². The Hall–Kier alpha value is -3.42. The molecule has 0 bridgehead atoms. The molecule has 1 saturated heterocycles. The van der Waals surface area contributed by atoms with E-state index in [0.29, 0.717) is 24.4 Å². The lowest BCUT2D eigenvalue weighted by molar-refractivity contribution is -0.126. The monoisotopic (exact) mass is 382 g/mol. The first-order chi connectivity index (χ1) is 13.6. The fourth-order valence-corrected chi connectivity index (χ4v) is 3.00. The van der Waals surface area contributed by atoms with Crippen LogP contribution in [0.2, 0.25) is 0 Å². The number of ether oxygens (including phenoxy) is 1. The molecular weight excluding hydrogens is 360 g/mol. The molecule has 0 spiro atoms. The number of hydrogen-bond donors (Lipinski definition) is 2. The Kier molecular flexibility index (Phi) is 6.21. The normalized spacial score (nSPS) is 16.0. The molecule has 3 rings (SSSR count). The summed E-state index contributed by atoms with van der Waals surface area (Å²) in [4.78, 5) is 42.0. The van der Waals surface area contributed by atoms with Crippen molar-refractivity contribution in [2.45, 2.75) is 6.42 Å². The molecule has 0 saturated carbocycles. The van der Waals surface area contributed by atoms with Crippen LogP contribution in [0.25, 0.3) is 0 Å². The average molecular weight is 382 g/mol. The average Bonchev–Trinajstić information content (AvgIpc) is 3.13. The number of carbonyl (C=O) groups excluding carboxylic acids is 3. The van der Waals surface area contributed by atoms with E-state index in [0.717, 1.165) is 5.69 Å². The van der Waals surface area contributed by atoms with Crippen LogP contribution >= 0.6 is 0 Å². The lowest BCUT2D eigenvalue weighted by Crippen LogP contribution is -2.38. The molecule has 0 unspecified atom stereocenters. The predicted octanol–water partition coefficient (Wildman–Crippen LogP) is 0.989. The van der Waals surface area contributed by atoms with Gasteiger partial charge in [0.25, 0.3) is 5.91 Å². The van der Waals surface area contributed by atoms with Crippen molar-refractivity contribution >= 4 is 23.4 Å². The molecule has 2 aromatic rings. The van der Waals surface area contributed by atoms with Crippen molar-refractivity contribution in [1.29, 1.82) is 0 Å². The number of anilines is 1. The Morgan fingerprint density at radius 3 is 2.61 bits per heavy atom. The van der Waals surface area contributed by atoms with E-state index >= 15 is 0 Å². The van der Waals surface area contributed by atoms with Crippen LogP contribution in [0.5, 0.6) is 5.75 Å².